The van der Waals surface area contributed by atoms with Crippen molar-refractivity contribution in [3.05, 3.63) is 30.3 Å². The molecule has 0 radical (unpaired) electrons. The molecule has 6 heteroatoms. The Bertz CT molecular complexity index is 641. The Labute approximate surface area is 152 Å². The molecule has 3 rings (SSSR count). The summed E-state index contributed by atoms with van der Waals surface area (Å²) in [5.74, 6) is 0.505. The number of carbonyl (C=O) groups is 3. The maximum Gasteiger partial charge on any atom is 0.247 e. The Morgan fingerprint density at radius 2 is 1.84 bits per heavy atom. The first-order valence-electron chi connectivity index (χ1n) is 8.87. The van der Waals surface area contributed by atoms with Gasteiger partial charge in [-0.25, -0.2) is 4.90 Å². The lowest BCUT2D eigenvalue weighted by Gasteiger charge is -2.26. The van der Waals surface area contributed by atoms with Crippen molar-refractivity contribution in [3.8, 4) is 0 Å². The van der Waals surface area contributed by atoms with Crippen molar-refractivity contribution in [2.75, 3.05) is 10.7 Å². The van der Waals surface area contributed by atoms with Gasteiger partial charge in [-0.05, 0) is 43.7 Å². The highest BCUT2D eigenvalue weighted by Gasteiger charge is 2.40. The Morgan fingerprint density at radius 1 is 1.16 bits per heavy atom. The number of benzene rings is 1. The second kappa shape index (κ2) is 8.04. The molecule has 1 aliphatic carbocycles. The van der Waals surface area contributed by atoms with Gasteiger partial charge in [0.2, 0.25) is 17.7 Å². The van der Waals surface area contributed by atoms with Gasteiger partial charge in [0.05, 0.1) is 16.7 Å². The zero-order chi connectivity index (χ0) is 17.8. The molecule has 134 valence electrons. The first kappa shape index (κ1) is 18.0. The summed E-state index contributed by atoms with van der Waals surface area (Å²) in [5.41, 5.74) is 0.598. The number of carbonyl (C=O) groups excluding carboxylic acids is 3. The second-order valence-corrected chi connectivity index (χ2v) is 8.12. The lowest BCUT2D eigenvalue weighted by Crippen LogP contribution is -2.38. The average Bonchev–Trinajstić information content (AvgIpc) is 2.89. The summed E-state index contributed by atoms with van der Waals surface area (Å²) < 4.78 is 0. The molecule has 1 atom stereocenters. The van der Waals surface area contributed by atoms with Crippen LogP contribution in [0.2, 0.25) is 0 Å². The van der Waals surface area contributed by atoms with Gasteiger partial charge in [-0.15, -0.1) is 11.8 Å². The Morgan fingerprint density at radius 3 is 2.52 bits per heavy atom. The fraction of sp³-hybridized carbons (Fsp3) is 0.526. The predicted molar refractivity (Wildman–Crippen MR) is 99.4 cm³/mol. The van der Waals surface area contributed by atoms with E-state index < -0.39 is 5.25 Å². The molecule has 25 heavy (non-hydrogen) atoms. The highest BCUT2D eigenvalue weighted by Crippen LogP contribution is 2.29. The lowest BCUT2D eigenvalue weighted by molar-refractivity contribution is -0.121. The quantitative estimate of drug-likeness (QED) is 0.820. The van der Waals surface area contributed by atoms with Gasteiger partial charge in [-0.1, -0.05) is 25.1 Å². The van der Waals surface area contributed by atoms with E-state index in [9.17, 15) is 14.4 Å². The topological polar surface area (TPSA) is 66.5 Å². The summed E-state index contributed by atoms with van der Waals surface area (Å²) in [5, 5.41) is 2.59. The van der Waals surface area contributed by atoms with E-state index in [1.807, 2.05) is 6.07 Å². The largest absolute Gasteiger partial charge is 0.353 e. The summed E-state index contributed by atoms with van der Waals surface area (Å²) in [4.78, 5) is 38.1. The third kappa shape index (κ3) is 4.42. The second-order valence-electron chi connectivity index (χ2n) is 6.93. The Hall–Kier alpha value is -1.82. The fourth-order valence-electron chi connectivity index (χ4n) is 3.43. The minimum absolute atomic E-state index is 0.0389. The van der Waals surface area contributed by atoms with Gasteiger partial charge < -0.3 is 5.32 Å². The van der Waals surface area contributed by atoms with E-state index in [4.69, 9.17) is 0 Å². The van der Waals surface area contributed by atoms with Crippen LogP contribution in [0, 0.1) is 5.92 Å². The molecule has 1 saturated heterocycles. The van der Waals surface area contributed by atoms with Crippen LogP contribution in [0.5, 0.6) is 0 Å². The van der Waals surface area contributed by atoms with E-state index in [0.29, 0.717) is 5.69 Å². The van der Waals surface area contributed by atoms with Crippen LogP contribution in [0.4, 0.5) is 5.69 Å². The molecule has 2 aliphatic rings. The molecule has 1 aromatic rings. The van der Waals surface area contributed by atoms with Crippen molar-refractivity contribution < 1.29 is 14.4 Å². The van der Waals surface area contributed by atoms with Crippen molar-refractivity contribution >= 4 is 35.2 Å². The van der Waals surface area contributed by atoms with Crippen LogP contribution in [-0.2, 0) is 14.4 Å². The van der Waals surface area contributed by atoms with Crippen molar-refractivity contribution in [1.29, 1.82) is 0 Å². The van der Waals surface area contributed by atoms with E-state index in [1.165, 1.54) is 16.7 Å². The van der Waals surface area contributed by atoms with Crippen LogP contribution in [0.25, 0.3) is 0 Å². The SMILES string of the molecule is CC1CCC(NC(=O)CSC2CC(=O)N(c3ccccc3)C2=O)CC1. The number of para-hydroxylation sites is 1. The third-order valence-electron chi connectivity index (χ3n) is 4.92. The minimum atomic E-state index is -0.468. The number of rotatable bonds is 5. The first-order chi connectivity index (χ1) is 12.0. The van der Waals surface area contributed by atoms with E-state index >= 15 is 0 Å². The molecule has 0 spiro atoms. The number of anilines is 1. The van der Waals surface area contributed by atoms with Crippen LogP contribution in [0.3, 0.4) is 0 Å². The normalized spacial score (nSPS) is 26.8. The summed E-state index contributed by atoms with van der Waals surface area (Å²) in [6, 6.07) is 9.20. The zero-order valence-corrected chi connectivity index (χ0v) is 15.3. The average molecular weight is 360 g/mol. The molecule has 1 heterocycles. The van der Waals surface area contributed by atoms with E-state index in [-0.39, 0.29) is 35.9 Å². The van der Waals surface area contributed by atoms with Crippen LogP contribution in [0.15, 0.2) is 30.3 Å². The number of thioether (sulfide) groups is 1. The van der Waals surface area contributed by atoms with Crippen LogP contribution < -0.4 is 10.2 Å². The van der Waals surface area contributed by atoms with E-state index in [1.54, 1.807) is 24.3 Å². The summed E-state index contributed by atoms with van der Waals surface area (Å²) in [6.45, 7) is 2.25. The smallest absolute Gasteiger partial charge is 0.247 e. The third-order valence-corrected chi connectivity index (χ3v) is 6.12. The fourth-order valence-corrected chi connectivity index (χ4v) is 4.38. The van der Waals surface area contributed by atoms with Gasteiger partial charge in [0.15, 0.2) is 0 Å². The molecule has 1 saturated carbocycles. The first-order valence-corrected chi connectivity index (χ1v) is 9.92. The Balaban J connectivity index is 1.49. The molecule has 1 N–H and O–H groups in total. The van der Waals surface area contributed by atoms with Gasteiger partial charge in [0.25, 0.3) is 0 Å². The highest BCUT2D eigenvalue weighted by atomic mass is 32.2. The van der Waals surface area contributed by atoms with Crippen LogP contribution in [0.1, 0.15) is 39.0 Å². The molecule has 1 aromatic carbocycles. The molecule has 0 bridgehead atoms. The summed E-state index contributed by atoms with van der Waals surface area (Å²) >= 11 is 1.27. The van der Waals surface area contributed by atoms with E-state index in [2.05, 4.69) is 12.2 Å². The van der Waals surface area contributed by atoms with Crippen molar-refractivity contribution in [2.24, 2.45) is 5.92 Å². The molecule has 5 nitrogen and oxygen atoms in total. The number of imide groups is 1. The predicted octanol–water partition coefficient (Wildman–Crippen LogP) is 2.75. The molecule has 1 aliphatic heterocycles. The minimum Gasteiger partial charge on any atom is -0.353 e. The summed E-state index contributed by atoms with van der Waals surface area (Å²) in [7, 11) is 0. The standard InChI is InChI=1S/C19H24N2O3S/c1-13-7-9-14(10-8-13)20-17(22)12-25-16-11-18(23)21(19(16)24)15-5-3-2-4-6-15/h2-6,13-14,16H,7-12H2,1H3,(H,20,22). The van der Waals surface area contributed by atoms with Gasteiger partial charge in [0, 0.05) is 12.5 Å². The number of hydrogen-bond acceptors (Lipinski definition) is 4. The molecule has 1 unspecified atom stereocenters. The van der Waals surface area contributed by atoms with Gasteiger partial charge >= 0.3 is 0 Å². The summed E-state index contributed by atoms with van der Waals surface area (Å²) in [6.07, 6.45) is 4.52. The molecule has 3 amide bonds. The van der Waals surface area contributed by atoms with Crippen LogP contribution >= 0.6 is 11.8 Å². The van der Waals surface area contributed by atoms with Gasteiger partial charge in [-0.3, -0.25) is 14.4 Å². The van der Waals surface area contributed by atoms with E-state index in [0.717, 1.165) is 31.6 Å². The number of nitrogens with zero attached hydrogens (tertiary/aromatic N) is 1. The van der Waals surface area contributed by atoms with Gasteiger partial charge in [0.1, 0.15) is 0 Å². The van der Waals surface area contributed by atoms with Crippen molar-refractivity contribution in [1.82, 2.24) is 5.32 Å². The monoisotopic (exact) mass is 360 g/mol. The Kier molecular flexibility index (Phi) is 5.78. The number of nitrogens with one attached hydrogen (secondary N) is 1. The van der Waals surface area contributed by atoms with Crippen molar-refractivity contribution in [2.45, 2.75) is 50.3 Å². The highest BCUT2D eigenvalue weighted by molar-refractivity contribution is 8.01. The van der Waals surface area contributed by atoms with Crippen molar-refractivity contribution in [3.63, 3.8) is 0 Å². The van der Waals surface area contributed by atoms with Crippen LogP contribution in [-0.4, -0.2) is 34.8 Å². The number of hydrogen-bond donors (Lipinski definition) is 1. The van der Waals surface area contributed by atoms with Gasteiger partial charge in [-0.2, -0.15) is 0 Å². The molecular weight excluding hydrogens is 336 g/mol. The maximum absolute atomic E-state index is 12.5. The molecule has 2 fully saturated rings. The zero-order valence-electron chi connectivity index (χ0n) is 14.4. The number of amides is 3. The molecular formula is C19H24N2O3S. The maximum atomic E-state index is 12.5. The molecule has 0 aromatic heterocycles. The lowest BCUT2D eigenvalue weighted by atomic mass is 9.87.